The van der Waals surface area contributed by atoms with Gasteiger partial charge in [-0.05, 0) is 61.4 Å². The Bertz CT molecular complexity index is 337. The van der Waals surface area contributed by atoms with E-state index in [0.717, 1.165) is 24.1 Å². The molecule has 0 amide bonds. The minimum atomic E-state index is 0.606. The van der Waals surface area contributed by atoms with Crippen LogP contribution in [0.5, 0.6) is 5.75 Å². The van der Waals surface area contributed by atoms with E-state index in [0.29, 0.717) is 5.92 Å². The number of rotatable bonds is 6. The lowest BCUT2D eigenvalue weighted by atomic mass is 9.90. The van der Waals surface area contributed by atoms with Crippen LogP contribution < -0.4 is 4.74 Å². The predicted molar refractivity (Wildman–Crippen MR) is 78.5 cm³/mol. The number of ether oxygens (including phenoxy) is 1. The lowest BCUT2D eigenvalue weighted by molar-refractivity contribution is 0.317. The molecule has 1 nitrogen and oxygen atoms in total. The molecule has 17 heavy (non-hydrogen) atoms. The van der Waals surface area contributed by atoms with E-state index in [4.69, 9.17) is 4.74 Å². The van der Waals surface area contributed by atoms with E-state index in [1.807, 2.05) is 0 Å². The van der Waals surface area contributed by atoms with Crippen LogP contribution in [0.2, 0.25) is 0 Å². The van der Waals surface area contributed by atoms with Crippen LogP contribution >= 0.6 is 15.9 Å². The molecule has 0 saturated heterocycles. The molecule has 0 aliphatic heterocycles. The molecule has 1 aromatic carbocycles. The van der Waals surface area contributed by atoms with E-state index in [2.05, 4.69) is 55.8 Å². The average molecular weight is 299 g/mol. The molecule has 1 rings (SSSR count). The summed E-state index contributed by atoms with van der Waals surface area (Å²) in [5, 5.41) is 1.06. The Kier molecular flexibility index (Phi) is 6.04. The van der Waals surface area contributed by atoms with Crippen LogP contribution in [0.15, 0.2) is 12.1 Å². The lowest BCUT2D eigenvalue weighted by Crippen LogP contribution is -2.03. The summed E-state index contributed by atoms with van der Waals surface area (Å²) in [6.07, 6.45) is 2.23. The molecule has 2 heteroatoms. The molecule has 0 bridgehead atoms. The number of halogens is 1. The van der Waals surface area contributed by atoms with Crippen LogP contribution in [0, 0.1) is 13.8 Å². The number of aryl methyl sites for hydroxylation is 2. The molecular formula is C15H23BrO. The Labute approximate surface area is 114 Å². The monoisotopic (exact) mass is 298 g/mol. The highest BCUT2D eigenvalue weighted by molar-refractivity contribution is 9.09. The Morgan fingerprint density at radius 3 is 2.29 bits per heavy atom. The zero-order chi connectivity index (χ0) is 12.8. The normalized spacial score (nSPS) is 12.5. The molecule has 0 aliphatic rings. The Balaban J connectivity index is 2.93. The molecule has 96 valence electrons. The van der Waals surface area contributed by atoms with Crippen molar-refractivity contribution in [3.05, 3.63) is 28.8 Å². The van der Waals surface area contributed by atoms with Crippen molar-refractivity contribution in [3.8, 4) is 5.75 Å². The minimum Gasteiger partial charge on any atom is -0.494 e. The Hall–Kier alpha value is -0.500. The Morgan fingerprint density at radius 1 is 1.24 bits per heavy atom. The molecule has 0 spiro atoms. The van der Waals surface area contributed by atoms with Gasteiger partial charge >= 0.3 is 0 Å². The van der Waals surface area contributed by atoms with Crippen molar-refractivity contribution < 1.29 is 4.74 Å². The summed E-state index contributed by atoms with van der Waals surface area (Å²) in [6, 6.07) is 4.34. The highest BCUT2D eigenvalue weighted by atomic mass is 79.9. The van der Waals surface area contributed by atoms with E-state index in [-0.39, 0.29) is 0 Å². The fourth-order valence-corrected chi connectivity index (χ4v) is 3.01. The summed E-state index contributed by atoms with van der Waals surface area (Å²) >= 11 is 3.52. The summed E-state index contributed by atoms with van der Waals surface area (Å²) in [7, 11) is 0. The first-order valence-corrected chi connectivity index (χ1v) is 7.52. The molecule has 1 aromatic rings. The van der Waals surface area contributed by atoms with Crippen LogP contribution in [0.4, 0.5) is 0 Å². The largest absolute Gasteiger partial charge is 0.494 e. The van der Waals surface area contributed by atoms with E-state index in [9.17, 15) is 0 Å². The summed E-state index contributed by atoms with van der Waals surface area (Å²) < 4.78 is 5.70. The third-order valence-electron chi connectivity index (χ3n) is 3.07. The second-order valence-corrected chi connectivity index (χ2v) is 5.49. The van der Waals surface area contributed by atoms with Crippen molar-refractivity contribution in [2.24, 2.45) is 0 Å². The summed E-state index contributed by atoms with van der Waals surface area (Å²) in [4.78, 5) is 0. The molecule has 1 atom stereocenters. The molecule has 0 radical (unpaired) electrons. The number of benzene rings is 1. The Morgan fingerprint density at radius 2 is 1.82 bits per heavy atom. The highest BCUT2D eigenvalue weighted by Gasteiger charge is 2.12. The van der Waals surface area contributed by atoms with Gasteiger partial charge in [0.15, 0.2) is 0 Å². The second kappa shape index (κ2) is 7.05. The standard InChI is InChI=1S/C15H23BrO/c1-5-8-17-14-9-12(3)15(13(4)10-14)11(2)6-7-16/h9-11H,5-8H2,1-4H3. The first kappa shape index (κ1) is 14.6. The van der Waals surface area contributed by atoms with Crippen LogP contribution in [-0.4, -0.2) is 11.9 Å². The van der Waals surface area contributed by atoms with Gasteiger partial charge in [-0.2, -0.15) is 0 Å². The van der Waals surface area contributed by atoms with Crippen LogP contribution in [0.3, 0.4) is 0 Å². The van der Waals surface area contributed by atoms with Gasteiger partial charge in [-0.3, -0.25) is 0 Å². The summed E-state index contributed by atoms with van der Waals surface area (Å²) in [5.41, 5.74) is 4.18. The van der Waals surface area contributed by atoms with Gasteiger partial charge in [0, 0.05) is 5.33 Å². The zero-order valence-electron chi connectivity index (χ0n) is 11.3. The summed E-state index contributed by atoms with van der Waals surface area (Å²) in [5.74, 6) is 1.62. The molecule has 0 heterocycles. The predicted octanol–water partition coefficient (Wildman–Crippen LogP) is 4.98. The quantitative estimate of drug-likeness (QED) is 0.673. The van der Waals surface area contributed by atoms with Crippen molar-refractivity contribution in [1.82, 2.24) is 0 Å². The van der Waals surface area contributed by atoms with E-state index in [1.54, 1.807) is 0 Å². The highest BCUT2D eigenvalue weighted by Crippen LogP contribution is 2.30. The van der Waals surface area contributed by atoms with Gasteiger partial charge in [-0.15, -0.1) is 0 Å². The molecule has 0 N–H and O–H groups in total. The van der Waals surface area contributed by atoms with Crippen LogP contribution in [0.25, 0.3) is 0 Å². The third kappa shape index (κ3) is 4.02. The molecule has 0 aromatic heterocycles. The van der Waals surface area contributed by atoms with Gasteiger partial charge in [0.2, 0.25) is 0 Å². The maximum Gasteiger partial charge on any atom is 0.119 e. The second-order valence-electron chi connectivity index (χ2n) is 4.70. The van der Waals surface area contributed by atoms with Crippen molar-refractivity contribution in [3.63, 3.8) is 0 Å². The maximum atomic E-state index is 5.70. The van der Waals surface area contributed by atoms with E-state index < -0.39 is 0 Å². The number of hydrogen-bond donors (Lipinski definition) is 0. The molecule has 0 aliphatic carbocycles. The van der Waals surface area contributed by atoms with Gasteiger partial charge in [0.05, 0.1) is 6.61 Å². The molecule has 1 unspecified atom stereocenters. The molecule has 0 fully saturated rings. The van der Waals surface area contributed by atoms with E-state index >= 15 is 0 Å². The van der Waals surface area contributed by atoms with Gasteiger partial charge < -0.3 is 4.74 Å². The minimum absolute atomic E-state index is 0.606. The lowest BCUT2D eigenvalue weighted by Gasteiger charge is -2.18. The van der Waals surface area contributed by atoms with Gasteiger partial charge in [-0.25, -0.2) is 0 Å². The van der Waals surface area contributed by atoms with Crippen molar-refractivity contribution >= 4 is 15.9 Å². The van der Waals surface area contributed by atoms with Crippen molar-refractivity contribution in [2.45, 2.75) is 46.5 Å². The molecular weight excluding hydrogens is 276 g/mol. The maximum absolute atomic E-state index is 5.70. The van der Waals surface area contributed by atoms with E-state index in [1.165, 1.54) is 23.1 Å². The number of hydrogen-bond acceptors (Lipinski definition) is 1. The average Bonchev–Trinajstić information content (AvgIpc) is 2.25. The van der Waals surface area contributed by atoms with Crippen LogP contribution in [0.1, 0.15) is 49.3 Å². The zero-order valence-corrected chi connectivity index (χ0v) is 12.9. The summed E-state index contributed by atoms with van der Waals surface area (Å²) in [6.45, 7) is 9.60. The smallest absolute Gasteiger partial charge is 0.119 e. The molecule has 0 saturated carbocycles. The third-order valence-corrected chi connectivity index (χ3v) is 3.53. The SMILES string of the molecule is CCCOc1cc(C)c(C(C)CCBr)c(C)c1. The fourth-order valence-electron chi connectivity index (χ4n) is 2.32. The number of alkyl halides is 1. The van der Waals surface area contributed by atoms with Gasteiger partial charge in [0.25, 0.3) is 0 Å². The van der Waals surface area contributed by atoms with Crippen molar-refractivity contribution in [2.75, 3.05) is 11.9 Å². The van der Waals surface area contributed by atoms with Gasteiger partial charge in [0.1, 0.15) is 5.75 Å². The fraction of sp³-hybridized carbons (Fsp3) is 0.600. The first-order chi connectivity index (χ1) is 8.10. The topological polar surface area (TPSA) is 9.23 Å². The van der Waals surface area contributed by atoms with Crippen LogP contribution in [-0.2, 0) is 0 Å². The van der Waals surface area contributed by atoms with Crippen molar-refractivity contribution in [1.29, 1.82) is 0 Å². The van der Waals surface area contributed by atoms with Gasteiger partial charge in [-0.1, -0.05) is 29.8 Å². The first-order valence-electron chi connectivity index (χ1n) is 6.40.